The Kier molecular flexibility index (Phi) is 32.9. The second-order valence-corrected chi connectivity index (χ2v) is 12.4. The number of nitrogens with one attached hydrogen (secondary N) is 1. The lowest BCUT2D eigenvalue weighted by Gasteiger charge is -2.21. The van der Waals surface area contributed by atoms with Gasteiger partial charge in [0.15, 0.2) is 0 Å². The lowest BCUT2D eigenvalue weighted by molar-refractivity contribution is -0.131. The average Bonchev–Trinajstić information content (AvgIpc) is 3.03. The molecule has 0 radical (unpaired) electrons. The summed E-state index contributed by atoms with van der Waals surface area (Å²) in [7, 11) is 0. The van der Waals surface area contributed by atoms with Crippen LogP contribution < -0.4 is 5.32 Å². The van der Waals surface area contributed by atoms with Gasteiger partial charge in [0.2, 0.25) is 5.91 Å². The van der Waals surface area contributed by atoms with E-state index >= 15 is 0 Å². The van der Waals surface area contributed by atoms with Crippen LogP contribution in [0.2, 0.25) is 0 Å². The molecule has 1 amide bonds. The molecule has 256 valence electrons. The van der Waals surface area contributed by atoms with E-state index < -0.39 is 24.2 Å². The molecule has 3 unspecified atom stereocenters. The normalized spacial score (nSPS) is 14.4. The molecule has 0 saturated carbocycles. The number of aliphatic hydroxyl groups is 3. The molecule has 0 bridgehead atoms. The molecule has 5 nitrogen and oxygen atoms in total. The van der Waals surface area contributed by atoms with E-state index in [9.17, 15) is 20.1 Å². The van der Waals surface area contributed by atoms with Crippen LogP contribution in [0.5, 0.6) is 0 Å². The van der Waals surface area contributed by atoms with Crippen molar-refractivity contribution >= 4 is 5.91 Å². The van der Waals surface area contributed by atoms with E-state index in [4.69, 9.17) is 0 Å². The Morgan fingerprint density at radius 2 is 0.932 bits per heavy atom. The van der Waals surface area contributed by atoms with E-state index in [1.165, 1.54) is 96.3 Å². The Hall–Kier alpha value is -1.69. The van der Waals surface area contributed by atoms with Gasteiger partial charge in [-0.15, -0.1) is 0 Å². The third kappa shape index (κ3) is 29.0. The smallest absolute Gasteiger partial charge is 0.249 e. The first-order chi connectivity index (χ1) is 21.6. The second-order valence-electron chi connectivity index (χ2n) is 12.4. The molecule has 0 rings (SSSR count). The fraction of sp³-hybridized carbons (Fsp3) is 0.769. The van der Waals surface area contributed by atoms with E-state index in [1.54, 1.807) is 6.08 Å². The predicted molar refractivity (Wildman–Crippen MR) is 190 cm³/mol. The fourth-order valence-electron chi connectivity index (χ4n) is 5.15. The zero-order valence-corrected chi connectivity index (χ0v) is 28.8. The van der Waals surface area contributed by atoms with Crippen molar-refractivity contribution in [3.05, 3.63) is 48.6 Å². The highest BCUT2D eigenvalue weighted by Crippen LogP contribution is 2.12. The summed E-state index contributed by atoms with van der Waals surface area (Å²) in [5.41, 5.74) is 0. The molecule has 0 aliphatic carbocycles. The third-order valence-corrected chi connectivity index (χ3v) is 8.12. The summed E-state index contributed by atoms with van der Waals surface area (Å²) in [5, 5.41) is 32.9. The first kappa shape index (κ1) is 42.3. The summed E-state index contributed by atoms with van der Waals surface area (Å²) < 4.78 is 0. The first-order valence-corrected chi connectivity index (χ1v) is 18.5. The van der Waals surface area contributed by atoms with Crippen molar-refractivity contribution in [2.75, 3.05) is 6.61 Å². The summed E-state index contributed by atoms with van der Waals surface area (Å²) in [6.07, 6.45) is 42.6. The minimum atomic E-state index is -1.11. The van der Waals surface area contributed by atoms with Gasteiger partial charge >= 0.3 is 0 Å². The summed E-state index contributed by atoms with van der Waals surface area (Å²) in [6, 6.07) is -0.822. The van der Waals surface area contributed by atoms with Gasteiger partial charge in [-0.3, -0.25) is 4.79 Å². The van der Waals surface area contributed by atoms with Crippen molar-refractivity contribution < 1.29 is 20.1 Å². The van der Waals surface area contributed by atoms with Crippen LogP contribution in [-0.2, 0) is 4.79 Å². The molecule has 5 heteroatoms. The second kappa shape index (κ2) is 34.2. The van der Waals surface area contributed by atoms with Gasteiger partial charge in [0.25, 0.3) is 0 Å². The highest BCUT2D eigenvalue weighted by Gasteiger charge is 2.22. The van der Waals surface area contributed by atoms with Crippen molar-refractivity contribution in [1.82, 2.24) is 5.32 Å². The molecule has 0 aromatic heterocycles. The van der Waals surface area contributed by atoms with Crippen LogP contribution in [0.4, 0.5) is 0 Å². The van der Waals surface area contributed by atoms with Gasteiger partial charge in [-0.05, 0) is 70.6 Å². The van der Waals surface area contributed by atoms with Crippen LogP contribution in [0.15, 0.2) is 48.6 Å². The van der Waals surface area contributed by atoms with E-state index in [1.807, 2.05) is 6.08 Å². The van der Waals surface area contributed by atoms with E-state index in [0.717, 1.165) is 51.4 Å². The molecule has 0 spiro atoms. The van der Waals surface area contributed by atoms with Gasteiger partial charge in [0.05, 0.1) is 18.8 Å². The molecule has 0 aromatic carbocycles. The quantitative estimate of drug-likeness (QED) is 0.0447. The molecule has 4 N–H and O–H groups in total. The summed E-state index contributed by atoms with van der Waals surface area (Å²) in [5.74, 6) is -0.526. The lowest BCUT2D eigenvalue weighted by atomic mass is 10.0. The first-order valence-electron chi connectivity index (χ1n) is 18.5. The number of hydrogen-bond acceptors (Lipinski definition) is 4. The Labute approximate surface area is 272 Å². The van der Waals surface area contributed by atoms with E-state index in [-0.39, 0.29) is 6.61 Å². The molecular formula is C39H71NO4. The van der Waals surface area contributed by atoms with Crippen molar-refractivity contribution in [3.8, 4) is 0 Å². The molecule has 0 aliphatic heterocycles. The number of amides is 1. The Balaban J connectivity index is 3.84. The number of rotatable bonds is 32. The van der Waals surface area contributed by atoms with Crippen molar-refractivity contribution in [3.63, 3.8) is 0 Å². The number of allylic oxidation sites excluding steroid dienone is 7. The predicted octanol–water partition coefficient (Wildman–Crippen LogP) is 9.81. The van der Waals surface area contributed by atoms with Gasteiger partial charge < -0.3 is 20.6 Å². The number of carbonyl (C=O) groups excluding carboxylic acids is 1. The van der Waals surface area contributed by atoms with Crippen molar-refractivity contribution in [2.45, 2.75) is 186 Å². The maximum absolute atomic E-state index is 12.4. The topological polar surface area (TPSA) is 89.8 Å². The van der Waals surface area contributed by atoms with E-state index in [2.05, 4.69) is 55.6 Å². The van der Waals surface area contributed by atoms with Crippen molar-refractivity contribution in [1.29, 1.82) is 0 Å². The maximum atomic E-state index is 12.4. The van der Waals surface area contributed by atoms with Crippen LogP contribution in [0.25, 0.3) is 0 Å². The largest absolute Gasteiger partial charge is 0.394 e. The molecule has 0 aliphatic rings. The number of unbranched alkanes of at least 4 members (excludes halogenated alkanes) is 18. The van der Waals surface area contributed by atoms with Gasteiger partial charge in [-0.1, -0.05) is 146 Å². The fourth-order valence-corrected chi connectivity index (χ4v) is 5.15. The summed E-state index contributed by atoms with van der Waals surface area (Å²) >= 11 is 0. The molecule has 0 saturated heterocycles. The zero-order chi connectivity index (χ0) is 32.4. The van der Waals surface area contributed by atoms with Crippen LogP contribution in [-0.4, -0.2) is 46.1 Å². The average molecular weight is 618 g/mol. The molecule has 44 heavy (non-hydrogen) atoms. The van der Waals surface area contributed by atoms with Crippen LogP contribution in [0.3, 0.4) is 0 Å². The summed E-state index contributed by atoms with van der Waals surface area (Å²) in [6.45, 7) is 4.11. The highest BCUT2D eigenvalue weighted by molar-refractivity contribution is 5.80. The number of aliphatic hydroxyl groups excluding tert-OH is 3. The van der Waals surface area contributed by atoms with E-state index in [0.29, 0.717) is 6.42 Å². The standard InChI is InChI=1S/C39H71NO4/c1-3-5-7-9-11-13-15-17-19-20-22-24-26-28-30-32-34-38(43)39(44)40-36(35-41)37(42)33-31-29-27-25-23-21-18-16-14-12-10-8-6-4-2/h14,16-17,19,23,25,31,33,36-38,41-43H,3-13,15,18,20-22,24,26-30,32,34-35H2,1-2H3,(H,40,44)/b16-14+,19-17-,25-23+,33-31+. The Morgan fingerprint density at radius 1 is 0.545 bits per heavy atom. The van der Waals surface area contributed by atoms with Crippen LogP contribution >= 0.6 is 0 Å². The molecule has 0 heterocycles. The lowest BCUT2D eigenvalue weighted by Crippen LogP contribution is -2.48. The zero-order valence-electron chi connectivity index (χ0n) is 28.8. The number of carbonyl (C=O) groups is 1. The monoisotopic (exact) mass is 618 g/mol. The maximum Gasteiger partial charge on any atom is 0.249 e. The van der Waals surface area contributed by atoms with Crippen molar-refractivity contribution in [2.24, 2.45) is 0 Å². The number of hydrogen-bond donors (Lipinski definition) is 4. The molecule has 0 aromatic rings. The minimum Gasteiger partial charge on any atom is -0.394 e. The molecule has 3 atom stereocenters. The van der Waals surface area contributed by atoms with Gasteiger partial charge in [-0.2, -0.15) is 0 Å². The molecule has 0 fully saturated rings. The SMILES string of the molecule is CCCCCC/C=C/CC/C=C/CC/C=C/C(O)C(CO)NC(=O)C(O)CCCCCCCC/C=C\CCCCCCCC. The molecular weight excluding hydrogens is 546 g/mol. The van der Waals surface area contributed by atoms with Gasteiger partial charge in [0, 0.05) is 0 Å². The highest BCUT2D eigenvalue weighted by atomic mass is 16.3. The van der Waals surface area contributed by atoms with Gasteiger partial charge in [-0.25, -0.2) is 0 Å². The summed E-state index contributed by atoms with van der Waals surface area (Å²) in [4.78, 5) is 12.4. The van der Waals surface area contributed by atoms with Gasteiger partial charge in [0.1, 0.15) is 6.10 Å². The van der Waals surface area contributed by atoms with Crippen LogP contribution in [0.1, 0.15) is 168 Å². The van der Waals surface area contributed by atoms with Crippen LogP contribution in [0, 0.1) is 0 Å². The Morgan fingerprint density at radius 3 is 1.41 bits per heavy atom. The third-order valence-electron chi connectivity index (χ3n) is 8.12. The minimum absolute atomic E-state index is 0.385. The Bertz CT molecular complexity index is 730.